The maximum absolute atomic E-state index is 12.5. The number of hydrogen-bond acceptors (Lipinski definition) is 5. The van der Waals surface area contributed by atoms with Crippen molar-refractivity contribution in [1.29, 1.82) is 0 Å². The molecule has 0 unspecified atom stereocenters. The number of fused-ring (bicyclic) bond motifs is 1. The number of hydrogen-bond donors (Lipinski definition) is 1. The van der Waals surface area contributed by atoms with E-state index in [1.54, 1.807) is 6.26 Å². The monoisotopic (exact) mass is 443 g/mol. The van der Waals surface area contributed by atoms with Crippen LogP contribution in [0.5, 0.6) is 0 Å². The van der Waals surface area contributed by atoms with E-state index in [-0.39, 0.29) is 5.91 Å². The first-order chi connectivity index (χ1) is 14.6. The Labute approximate surface area is 183 Å². The molecule has 8 heteroatoms. The molecule has 3 aromatic heterocycles. The molecule has 0 atom stereocenters. The van der Waals surface area contributed by atoms with Crippen molar-refractivity contribution < 1.29 is 13.9 Å². The van der Waals surface area contributed by atoms with Gasteiger partial charge in [0, 0.05) is 23.6 Å². The number of aromatic nitrogens is 2. The van der Waals surface area contributed by atoms with E-state index in [0.29, 0.717) is 36.2 Å². The van der Waals surface area contributed by atoms with E-state index >= 15 is 0 Å². The van der Waals surface area contributed by atoms with Crippen LogP contribution in [-0.2, 0) is 17.9 Å². The Balaban J connectivity index is 1.32. The number of benzene rings is 1. The van der Waals surface area contributed by atoms with E-state index < -0.39 is 0 Å². The van der Waals surface area contributed by atoms with Crippen molar-refractivity contribution >= 4 is 39.1 Å². The first-order valence-corrected chi connectivity index (χ1v) is 10.9. The molecule has 0 aliphatic carbocycles. The number of rotatable bonds is 9. The SMILES string of the molecule is Cc1nn(Cc2ccc(Cl)cc2)c2sc(C(=O)NCCCOCc3ccco3)cc12. The minimum Gasteiger partial charge on any atom is -0.467 e. The normalized spacial score (nSPS) is 11.3. The highest BCUT2D eigenvalue weighted by Crippen LogP contribution is 2.29. The predicted octanol–water partition coefficient (Wildman–Crippen LogP) is 5.04. The van der Waals surface area contributed by atoms with Gasteiger partial charge >= 0.3 is 0 Å². The topological polar surface area (TPSA) is 69.3 Å². The molecule has 1 aromatic carbocycles. The van der Waals surface area contributed by atoms with Crippen LogP contribution >= 0.6 is 22.9 Å². The van der Waals surface area contributed by atoms with Gasteiger partial charge in [-0.3, -0.25) is 9.48 Å². The molecule has 4 rings (SSSR count). The number of furan rings is 1. The van der Waals surface area contributed by atoms with Crippen LogP contribution in [0.3, 0.4) is 0 Å². The maximum Gasteiger partial charge on any atom is 0.261 e. The molecule has 156 valence electrons. The van der Waals surface area contributed by atoms with Gasteiger partial charge in [-0.1, -0.05) is 23.7 Å². The Morgan fingerprint density at radius 3 is 2.90 bits per heavy atom. The first-order valence-electron chi connectivity index (χ1n) is 9.70. The number of aryl methyl sites for hydroxylation is 1. The summed E-state index contributed by atoms with van der Waals surface area (Å²) in [5, 5.41) is 9.31. The lowest BCUT2D eigenvalue weighted by Gasteiger charge is -2.05. The molecular weight excluding hydrogens is 422 g/mol. The molecule has 3 heterocycles. The second-order valence-electron chi connectivity index (χ2n) is 6.94. The number of carbonyl (C=O) groups is 1. The third kappa shape index (κ3) is 4.92. The van der Waals surface area contributed by atoms with E-state index in [1.165, 1.54) is 11.3 Å². The van der Waals surface area contributed by atoms with E-state index in [4.69, 9.17) is 20.8 Å². The van der Waals surface area contributed by atoms with Crippen molar-refractivity contribution in [3.8, 4) is 0 Å². The zero-order chi connectivity index (χ0) is 20.9. The first kappa shape index (κ1) is 20.7. The second-order valence-corrected chi connectivity index (χ2v) is 8.41. The average molecular weight is 444 g/mol. The zero-order valence-electron chi connectivity index (χ0n) is 16.6. The maximum atomic E-state index is 12.5. The van der Waals surface area contributed by atoms with E-state index in [2.05, 4.69) is 10.4 Å². The number of nitrogens with one attached hydrogen (secondary N) is 1. The van der Waals surface area contributed by atoms with Crippen LogP contribution in [0.1, 0.15) is 33.1 Å². The molecule has 0 saturated carbocycles. The minimum absolute atomic E-state index is 0.0697. The van der Waals surface area contributed by atoms with Crippen LogP contribution in [0.2, 0.25) is 5.02 Å². The molecule has 0 spiro atoms. The molecule has 0 radical (unpaired) electrons. The number of thiophene rings is 1. The van der Waals surface area contributed by atoms with Gasteiger partial charge in [-0.2, -0.15) is 5.10 Å². The summed E-state index contributed by atoms with van der Waals surface area (Å²) < 4.78 is 12.7. The summed E-state index contributed by atoms with van der Waals surface area (Å²) in [4.78, 5) is 14.2. The van der Waals surface area contributed by atoms with Crippen molar-refractivity contribution in [1.82, 2.24) is 15.1 Å². The quantitative estimate of drug-likeness (QED) is 0.368. The lowest BCUT2D eigenvalue weighted by atomic mass is 10.2. The van der Waals surface area contributed by atoms with Gasteiger partial charge in [-0.15, -0.1) is 11.3 Å². The minimum atomic E-state index is -0.0697. The average Bonchev–Trinajstić information content (AvgIpc) is 3.46. The number of halogens is 1. The smallest absolute Gasteiger partial charge is 0.261 e. The summed E-state index contributed by atoms with van der Waals surface area (Å²) in [5.41, 5.74) is 2.03. The zero-order valence-corrected chi connectivity index (χ0v) is 18.1. The lowest BCUT2D eigenvalue weighted by Crippen LogP contribution is -2.24. The number of nitrogens with zero attached hydrogens (tertiary/aromatic N) is 2. The van der Waals surface area contributed by atoms with Gasteiger partial charge in [0.25, 0.3) is 5.91 Å². The Morgan fingerprint density at radius 1 is 1.30 bits per heavy atom. The number of carbonyl (C=O) groups excluding carboxylic acids is 1. The van der Waals surface area contributed by atoms with Crippen molar-refractivity contribution in [3.63, 3.8) is 0 Å². The van der Waals surface area contributed by atoms with Crippen molar-refractivity contribution in [2.45, 2.75) is 26.5 Å². The summed E-state index contributed by atoms with van der Waals surface area (Å²) >= 11 is 7.43. The molecule has 0 aliphatic heterocycles. The summed E-state index contributed by atoms with van der Waals surface area (Å²) in [7, 11) is 0. The molecule has 0 saturated heterocycles. The Morgan fingerprint density at radius 2 is 2.13 bits per heavy atom. The van der Waals surface area contributed by atoms with Crippen LogP contribution in [0.4, 0.5) is 0 Å². The molecule has 4 aromatic rings. The molecule has 0 bridgehead atoms. The standard InChI is InChI=1S/C22H22ClN3O3S/c1-15-19-12-20(21(27)24-9-3-10-28-14-18-4-2-11-29-18)30-22(19)26(25-15)13-16-5-7-17(23)8-6-16/h2,4-8,11-12H,3,9-10,13-14H2,1H3,(H,24,27). The summed E-state index contributed by atoms with van der Waals surface area (Å²) in [5.74, 6) is 0.729. The summed E-state index contributed by atoms with van der Waals surface area (Å²) in [6.45, 7) is 4.16. The predicted molar refractivity (Wildman–Crippen MR) is 118 cm³/mol. The highest BCUT2D eigenvalue weighted by Gasteiger charge is 2.16. The largest absolute Gasteiger partial charge is 0.467 e. The van der Waals surface area contributed by atoms with Crippen molar-refractivity contribution in [3.05, 3.63) is 75.6 Å². The van der Waals surface area contributed by atoms with Gasteiger partial charge < -0.3 is 14.5 Å². The molecule has 0 fully saturated rings. The van der Waals surface area contributed by atoms with Crippen molar-refractivity contribution in [2.75, 3.05) is 13.2 Å². The summed E-state index contributed by atoms with van der Waals surface area (Å²) in [6.07, 6.45) is 2.36. The molecule has 30 heavy (non-hydrogen) atoms. The molecular formula is C22H22ClN3O3S. The van der Waals surface area contributed by atoms with Gasteiger partial charge in [0.15, 0.2) is 0 Å². The lowest BCUT2D eigenvalue weighted by molar-refractivity contribution is 0.0920. The van der Waals surface area contributed by atoms with Gasteiger partial charge in [0.2, 0.25) is 0 Å². The van der Waals surface area contributed by atoms with E-state index in [1.807, 2.05) is 54.1 Å². The summed E-state index contributed by atoms with van der Waals surface area (Å²) in [6, 6.07) is 13.3. The van der Waals surface area contributed by atoms with Gasteiger partial charge in [0.05, 0.1) is 23.4 Å². The molecule has 1 amide bonds. The Bertz CT molecular complexity index is 1120. The fourth-order valence-corrected chi connectivity index (χ4v) is 4.33. The fraction of sp³-hybridized carbons (Fsp3) is 0.273. The van der Waals surface area contributed by atoms with Crippen LogP contribution in [0, 0.1) is 6.92 Å². The van der Waals surface area contributed by atoms with Gasteiger partial charge in [-0.05, 0) is 49.2 Å². The van der Waals surface area contributed by atoms with Crippen molar-refractivity contribution in [2.24, 2.45) is 0 Å². The molecule has 0 aliphatic rings. The number of amides is 1. The Kier molecular flexibility index (Phi) is 6.52. The van der Waals surface area contributed by atoms with Crippen LogP contribution < -0.4 is 5.32 Å². The third-order valence-electron chi connectivity index (χ3n) is 4.65. The van der Waals surface area contributed by atoms with Crippen LogP contribution in [-0.4, -0.2) is 28.8 Å². The van der Waals surface area contributed by atoms with Gasteiger partial charge in [0.1, 0.15) is 17.2 Å². The highest BCUT2D eigenvalue weighted by atomic mass is 35.5. The van der Waals surface area contributed by atoms with E-state index in [0.717, 1.165) is 33.7 Å². The van der Waals surface area contributed by atoms with Crippen LogP contribution in [0.15, 0.2) is 53.1 Å². The second kappa shape index (κ2) is 9.47. The Hall–Kier alpha value is -2.61. The third-order valence-corrected chi connectivity index (χ3v) is 6.05. The molecule has 1 N–H and O–H groups in total. The highest BCUT2D eigenvalue weighted by molar-refractivity contribution is 7.20. The van der Waals surface area contributed by atoms with Gasteiger partial charge in [-0.25, -0.2) is 0 Å². The number of ether oxygens (including phenoxy) is 1. The van der Waals surface area contributed by atoms with E-state index in [9.17, 15) is 4.79 Å². The fourth-order valence-electron chi connectivity index (χ4n) is 3.13. The molecule has 6 nitrogen and oxygen atoms in total. The van der Waals surface area contributed by atoms with Crippen LogP contribution in [0.25, 0.3) is 10.2 Å².